The highest BCUT2D eigenvalue weighted by molar-refractivity contribution is 7.25. The molecule has 0 radical (unpaired) electrons. The molecular formula is C9H8N4S. The van der Waals surface area contributed by atoms with E-state index in [1.165, 1.54) is 5.56 Å². The molecule has 0 saturated heterocycles. The minimum atomic E-state index is 0.932. The number of nitrogens with one attached hydrogen (secondary N) is 1. The molecule has 3 rings (SSSR count). The van der Waals surface area contributed by atoms with Crippen LogP contribution in [0.1, 0.15) is 11.3 Å². The topological polar surface area (TPSA) is 54.5 Å². The van der Waals surface area contributed by atoms with Gasteiger partial charge in [0.15, 0.2) is 4.83 Å². The SMILES string of the molecule is Cc1cc(C)c2c(n1)sc1n[nH]nc12. The second-order valence-electron chi connectivity index (χ2n) is 3.34. The van der Waals surface area contributed by atoms with Gasteiger partial charge in [-0.05, 0) is 25.5 Å². The normalized spacial score (nSPS) is 11.6. The van der Waals surface area contributed by atoms with E-state index in [1.54, 1.807) is 11.3 Å². The number of fused-ring (bicyclic) bond motifs is 3. The van der Waals surface area contributed by atoms with Crippen molar-refractivity contribution in [1.82, 2.24) is 20.4 Å². The molecule has 0 aliphatic heterocycles. The number of rotatable bonds is 0. The van der Waals surface area contributed by atoms with Crippen LogP contribution < -0.4 is 0 Å². The molecule has 0 aliphatic carbocycles. The van der Waals surface area contributed by atoms with Crippen LogP contribution in [0, 0.1) is 13.8 Å². The van der Waals surface area contributed by atoms with Crippen LogP contribution >= 0.6 is 11.3 Å². The molecule has 0 aromatic carbocycles. The lowest BCUT2D eigenvalue weighted by Crippen LogP contribution is -1.83. The van der Waals surface area contributed by atoms with Crippen LogP contribution in [0.15, 0.2) is 6.07 Å². The predicted molar refractivity (Wildman–Crippen MR) is 56.5 cm³/mol. The Balaban J connectivity index is 2.62. The molecule has 0 unspecified atom stereocenters. The summed E-state index contributed by atoms with van der Waals surface area (Å²) >= 11 is 1.58. The number of aryl methyl sites for hydroxylation is 2. The molecule has 0 aliphatic rings. The van der Waals surface area contributed by atoms with E-state index in [0.717, 1.165) is 26.3 Å². The molecule has 70 valence electrons. The van der Waals surface area contributed by atoms with Crippen molar-refractivity contribution in [3.8, 4) is 0 Å². The highest BCUT2D eigenvalue weighted by Crippen LogP contribution is 2.31. The Morgan fingerprint density at radius 3 is 2.93 bits per heavy atom. The third kappa shape index (κ3) is 0.899. The van der Waals surface area contributed by atoms with Gasteiger partial charge in [0.05, 0.1) is 0 Å². The molecule has 0 fully saturated rings. The quantitative estimate of drug-likeness (QED) is 0.610. The number of aromatic amines is 1. The Morgan fingerprint density at radius 1 is 1.21 bits per heavy atom. The van der Waals surface area contributed by atoms with Gasteiger partial charge in [-0.1, -0.05) is 11.3 Å². The van der Waals surface area contributed by atoms with Crippen LogP contribution in [0.5, 0.6) is 0 Å². The van der Waals surface area contributed by atoms with Crippen molar-refractivity contribution in [2.24, 2.45) is 0 Å². The van der Waals surface area contributed by atoms with Crippen molar-refractivity contribution in [2.75, 3.05) is 0 Å². The zero-order chi connectivity index (χ0) is 9.71. The average Bonchev–Trinajstić information content (AvgIpc) is 2.60. The summed E-state index contributed by atoms with van der Waals surface area (Å²) in [7, 11) is 0. The number of nitrogens with zero attached hydrogens (tertiary/aromatic N) is 3. The molecule has 0 spiro atoms. The van der Waals surface area contributed by atoms with Crippen molar-refractivity contribution in [2.45, 2.75) is 13.8 Å². The van der Waals surface area contributed by atoms with Gasteiger partial charge in [-0.3, -0.25) is 0 Å². The number of hydrogen-bond acceptors (Lipinski definition) is 4. The Hall–Kier alpha value is -1.49. The molecular weight excluding hydrogens is 196 g/mol. The van der Waals surface area contributed by atoms with E-state index in [4.69, 9.17) is 0 Å². The first-order valence-corrected chi connectivity index (χ1v) is 5.14. The van der Waals surface area contributed by atoms with Crippen molar-refractivity contribution in [3.05, 3.63) is 17.3 Å². The van der Waals surface area contributed by atoms with Crippen LogP contribution in [-0.4, -0.2) is 20.4 Å². The van der Waals surface area contributed by atoms with Gasteiger partial charge in [0.25, 0.3) is 0 Å². The van der Waals surface area contributed by atoms with E-state index < -0.39 is 0 Å². The maximum absolute atomic E-state index is 4.47. The molecule has 1 N–H and O–H groups in total. The summed E-state index contributed by atoms with van der Waals surface area (Å²) < 4.78 is 0. The summed E-state index contributed by atoms with van der Waals surface area (Å²) in [5.41, 5.74) is 3.20. The zero-order valence-corrected chi connectivity index (χ0v) is 8.64. The minimum Gasteiger partial charge on any atom is -0.242 e. The van der Waals surface area contributed by atoms with Crippen LogP contribution in [0.2, 0.25) is 0 Å². The lowest BCUT2D eigenvalue weighted by molar-refractivity contribution is 0.962. The second kappa shape index (κ2) is 2.51. The van der Waals surface area contributed by atoms with E-state index in [2.05, 4.69) is 33.4 Å². The number of thiophene rings is 1. The summed E-state index contributed by atoms with van der Waals surface area (Å²) in [4.78, 5) is 6.43. The Labute approximate surface area is 84.0 Å². The van der Waals surface area contributed by atoms with Crippen molar-refractivity contribution in [1.29, 1.82) is 0 Å². The smallest absolute Gasteiger partial charge is 0.168 e. The monoisotopic (exact) mass is 204 g/mol. The molecule has 0 atom stereocenters. The van der Waals surface area contributed by atoms with Gasteiger partial charge in [0, 0.05) is 11.1 Å². The Bertz CT molecular complexity index is 622. The first kappa shape index (κ1) is 7.87. The average molecular weight is 204 g/mol. The molecule has 14 heavy (non-hydrogen) atoms. The lowest BCUT2D eigenvalue weighted by atomic mass is 10.2. The number of aromatic nitrogens is 4. The van der Waals surface area contributed by atoms with Gasteiger partial charge in [0.1, 0.15) is 10.3 Å². The number of pyridine rings is 1. The molecule has 3 aromatic heterocycles. The van der Waals surface area contributed by atoms with Gasteiger partial charge < -0.3 is 0 Å². The molecule has 0 amide bonds. The van der Waals surface area contributed by atoms with E-state index >= 15 is 0 Å². The predicted octanol–water partition coefficient (Wildman–Crippen LogP) is 2.18. The van der Waals surface area contributed by atoms with E-state index in [-0.39, 0.29) is 0 Å². The highest BCUT2D eigenvalue weighted by Gasteiger charge is 2.11. The minimum absolute atomic E-state index is 0.932. The Morgan fingerprint density at radius 2 is 2.07 bits per heavy atom. The summed E-state index contributed by atoms with van der Waals surface area (Å²) in [6.45, 7) is 4.08. The first-order valence-electron chi connectivity index (χ1n) is 4.33. The second-order valence-corrected chi connectivity index (χ2v) is 4.32. The van der Waals surface area contributed by atoms with Gasteiger partial charge in [-0.25, -0.2) is 4.98 Å². The summed E-state index contributed by atoms with van der Waals surface area (Å²) in [6.07, 6.45) is 0. The molecule has 3 heterocycles. The Kier molecular flexibility index (Phi) is 1.41. The largest absolute Gasteiger partial charge is 0.242 e. The molecule has 0 saturated carbocycles. The fraction of sp³-hybridized carbons (Fsp3) is 0.222. The van der Waals surface area contributed by atoms with Gasteiger partial charge in [-0.15, -0.1) is 5.10 Å². The number of hydrogen-bond donors (Lipinski definition) is 1. The van der Waals surface area contributed by atoms with Gasteiger partial charge >= 0.3 is 0 Å². The lowest BCUT2D eigenvalue weighted by Gasteiger charge is -1.96. The summed E-state index contributed by atoms with van der Waals surface area (Å²) in [5, 5.41) is 12.0. The third-order valence-corrected chi connectivity index (χ3v) is 3.22. The summed E-state index contributed by atoms with van der Waals surface area (Å²) in [6, 6.07) is 2.07. The number of H-pyrrole nitrogens is 1. The maximum atomic E-state index is 4.47. The summed E-state index contributed by atoms with van der Waals surface area (Å²) in [5.74, 6) is 0. The zero-order valence-electron chi connectivity index (χ0n) is 7.83. The molecule has 5 heteroatoms. The molecule has 0 bridgehead atoms. The standard InChI is InChI=1S/C9H8N4S/c1-4-3-5(2)10-8-6(4)7-9(14-8)12-13-11-7/h3H,1-2H3,(H,11,12,13). The van der Waals surface area contributed by atoms with Gasteiger partial charge in [-0.2, -0.15) is 10.3 Å². The van der Waals surface area contributed by atoms with Crippen LogP contribution in [0.4, 0.5) is 0 Å². The molecule has 3 aromatic rings. The van der Waals surface area contributed by atoms with Crippen molar-refractivity contribution in [3.63, 3.8) is 0 Å². The third-order valence-electron chi connectivity index (χ3n) is 2.26. The van der Waals surface area contributed by atoms with Crippen LogP contribution in [-0.2, 0) is 0 Å². The van der Waals surface area contributed by atoms with Crippen LogP contribution in [0.3, 0.4) is 0 Å². The first-order chi connectivity index (χ1) is 6.75. The van der Waals surface area contributed by atoms with Crippen molar-refractivity contribution >= 4 is 31.9 Å². The fourth-order valence-electron chi connectivity index (χ4n) is 1.71. The fourth-order valence-corrected chi connectivity index (χ4v) is 2.77. The molecule has 4 nitrogen and oxygen atoms in total. The van der Waals surface area contributed by atoms with Gasteiger partial charge in [0.2, 0.25) is 0 Å². The maximum Gasteiger partial charge on any atom is 0.168 e. The van der Waals surface area contributed by atoms with E-state index in [1.807, 2.05) is 6.92 Å². The van der Waals surface area contributed by atoms with E-state index in [0.29, 0.717) is 0 Å². The van der Waals surface area contributed by atoms with Crippen molar-refractivity contribution < 1.29 is 0 Å². The van der Waals surface area contributed by atoms with E-state index in [9.17, 15) is 0 Å². The van der Waals surface area contributed by atoms with Crippen LogP contribution in [0.25, 0.3) is 20.6 Å². The highest BCUT2D eigenvalue weighted by atomic mass is 32.1.